The fourth-order valence-corrected chi connectivity index (χ4v) is 9.45. The van der Waals surface area contributed by atoms with E-state index in [4.69, 9.17) is 14.0 Å². The van der Waals surface area contributed by atoms with Gasteiger partial charge in [-0.05, 0) is 38.5 Å². The van der Waals surface area contributed by atoms with Gasteiger partial charge in [-0.15, -0.1) is 0 Å². The molecule has 0 aliphatic rings. The van der Waals surface area contributed by atoms with Crippen molar-refractivity contribution < 1.29 is 47.7 Å². The third-order valence-corrected chi connectivity index (χ3v) is 13.5. The third kappa shape index (κ3) is 34.4. The lowest BCUT2D eigenvalue weighted by Crippen LogP contribution is -2.51. The van der Waals surface area contributed by atoms with Crippen LogP contribution >= 0.6 is 7.60 Å². The Hall–Kier alpha value is -1.29. The predicted octanol–water partition coefficient (Wildman–Crippen LogP) is 11.8. The highest BCUT2D eigenvalue weighted by molar-refractivity contribution is 7.51. The van der Waals surface area contributed by atoms with Gasteiger partial charge in [-0.1, -0.05) is 174 Å². The number of unbranched alkanes of at least 4 members (excludes halogenated alkanes) is 25. The van der Waals surface area contributed by atoms with Gasteiger partial charge >= 0.3 is 11.9 Å². The Labute approximate surface area is 356 Å². The van der Waals surface area contributed by atoms with Crippen LogP contribution in [0.4, 0.5) is 0 Å². The Morgan fingerprint density at radius 1 is 0.603 bits per heavy atom. The minimum atomic E-state index is -4.51. The van der Waals surface area contributed by atoms with E-state index in [2.05, 4.69) is 26.0 Å². The highest BCUT2D eigenvalue weighted by atomic mass is 31.2. The first-order chi connectivity index (χ1) is 27.9. The van der Waals surface area contributed by atoms with Crippen molar-refractivity contribution in [3.05, 3.63) is 12.2 Å². The summed E-state index contributed by atoms with van der Waals surface area (Å²) in [5, 5.41) is 18.7. The molecule has 0 radical (unpaired) electrons. The number of carbonyl (C=O) groups is 2. The van der Waals surface area contributed by atoms with Crippen molar-refractivity contribution in [2.75, 3.05) is 33.9 Å². The largest absolute Gasteiger partial charge is 0.774 e. The van der Waals surface area contributed by atoms with E-state index in [1.807, 2.05) is 0 Å². The standard InChI is InChI=1S/C47H92NO9P/c1-6-9-11-13-15-17-19-21-23-25-27-29-31-33-35-37-46(51)55-41-43(42-56-58(53,54)44(8-3)48(4,5)40-39-45(49)50)57-47(52)38-36-34-32-30-28-26-24-22-20-18-16-14-12-10-7-2/h20,22,43-45,49-50H,6-19,21,23-42H2,1-5H3/b22-20-/t43-,44?/m1/s1. The zero-order valence-electron chi connectivity index (χ0n) is 38.3. The smallest absolute Gasteiger partial charge is 0.306 e. The minimum Gasteiger partial charge on any atom is -0.774 e. The van der Waals surface area contributed by atoms with E-state index in [1.54, 1.807) is 21.0 Å². The molecule has 2 unspecified atom stereocenters. The summed E-state index contributed by atoms with van der Waals surface area (Å²) in [4.78, 5) is 38.9. The first kappa shape index (κ1) is 56.7. The monoisotopic (exact) mass is 846 g/mol. The van der Waals surface area contributed by atoms with Gasteiger partial charge in [0.2, 0.25) is 0 Å². The topological polar surface area (TPSA) is 142 Å². The number of quaternary nitrogens is 1. The van der Waals surface area contributed by atoms with Gasteiger partial charge in [-0.2, -0.15) is 0 Å². The summed E-state index contributed by atoms with van der Waals surface area (Å²) in [6.07, 6.45) is 36.2. The molecule has 0 aromatic rings. The highest BCUT2D eigenvalue weighted by Gasteiger charge is 2.37. The van der Waals surface area contributed by atoms with E-state index in [0.29, 0.717) is 6.42 Å². The molecule has 0 spiro atoms. The van der Waals surface area contributed by atoms with Crippen LogP contribution < -0.4 is 4.89 Å². The molecular weight excluding hydrogens is 753 g/mol. The number of aliphatic hydroxyl groups is 2. The fourth-order valence-electron chi connectivity index (χ4n) is 7.57. The van der Waals surface area contributed by atoms with Crippen molar-refractivity contribution in [1.82, 2.24) is 0 Å². The molecule has 0 bridgehead atoms. The summed E-state index contributed by atoms with van der Waals surface area (Å²) >= 11 is 0. The lowest BCUT2D eigenvalue weighted by Gasteiger charge is -2.44. The quantitative estimate of drug-likeness (QED) is 0.0153. The van der Waals surface area contributed by atoms with Gasteiger partial charge < -0.3 is 38.2 Å². The lowest BCUT2D eigenvalue weighted by molar-refractivity contribution is -0.904. The molecule has 0 aliphatic heterocycles. The third-order valence-electron chi connectivity index (χ3n) is 11.3. The molecule has 0 amide bonds. The molecule has 0 saturated carbocycles. The number of nitrogens with zero attached hydrogens (tertiary/aromatic N) is 1. The number of rotatable bonds is 43. The Bertz CT molecular complexity index is 1040. The van der Waals surface area contributed by atoms with Gasteiger partial charge in [-0.3, -0.25) is 9.59 Å². The van der Waals surface area contributed by atoms with Crippen molar-refractivity contribution in [2.24, 2.45) is 0 Å². The van der Waals surface area contributed by atoms with Crippen LogP contribution in [0.25, 0.3) is 0 Å². The van der Waals surface area contributed by atoms with Crippen molar-refractivity contribution in [3.8, 4) is 0 Å². The average Bonchev–Trinajstić information content (AvgIpc) is 3.18. The van der Waals surface area contributed by atoms with Crippen molar-refractivity contribution in [1.29, 1.82) is 0 Å². The maximum absolute atomic E-state index is 13.4. The van der Waals surface area contributed by atoms with Crippen LogP contribution in [-0.2, 0) is 28.2 Å². The second-order valence-electron chi connectivity index (χ2n) is 17.3. The van der Waals surface area contributed by atoms with Gasteiger partial charge in [0.25, 0.3) is 0 Å². The average molecular weight is 846 g/mol. The van der Waals surface area contributed by atoms with Crippen LogP contribution in [0.15, 0.2) is 12.2 Å². The van der Waals surface area contributed by atoms with Gasteiger partial charge in [0, 0.05) is 25.7 Å². The number of ether oxygens (including phenoxy) is 2. The second kappa shape index (κ2) is 38.6. The number of allylic oxidation sites excluding steroid dienone is 2. The van der Waals surface area contributed by atoms with Crippen molar-refractivity contribution in [2.45, 2.75) is 244 Å². The Kier molecular flexibility index (Phi) is 37.8. The van der Waals surface area contributed by atoms with Gasteiger partial charge in [-0.25, -0.2) is 0 Å². The molecule has 0 aliphatic carbocycles. The van der Waals surface area contributed by atoms with Crippen LogP contribution in [-0.4, -0.2) is 78.7 Å². The molecule has 0 fully saturated rings. The van der Waals surface area contributed by atoms with E-state index >= 15 is 0 Å². The number of esters is 2. The van der Waals surface area contributed by atoms with Crippen LogP contribution in [0.1, 0.15) is 226 Å². The van der Waals surface area contributed by atoms with E-state index in [0.717, 1.165) is 44.9 Å². The van der Waals surface area contributed by atoms with E-state index < -0.39 is 44.3 Å². The molecule has 0 rings (SSSR count). The fraction of sp³-hybridized carbons (Fsp3) is 0.915. The zero-order valence-corrected chi connectivity index (χ0v) is 39.2. The molecule has 2 N–H and O–H groups in total. The van der Waals surface area contributed by atoms with Crippen LogP contribution in [0.2, 0.25) is 0 Å². The Morgan fingerprint density at radius 3 is 1.41 bits per heavy atom. The first-order valence-corrected chi connectivity index (χ1v) is 25.6. The van der Waals surface area contributed by atoms with E-state index in [-0.39, 0.29) is 43.3 Å². The summed E-state index contributed by atoms with van der Waals surface area (Å²) in [7, 11) is -1.10. The summed E-state index contributed by atoms with van der Waals surface area (Å²) in [6, 6.07) is 0. The van der Waals surface area contributed by atoms with Crippen molar-refractivity contribution >= 4 is 19.5 Å². The summed E-state index contributed by atoms with van der Waals surface area (Å²) in [5.74, 6) is -1.81. The van der Waals surface area contributed by atoms with Crippen LogP contribution in [0.3, 0.4) is 0 Å². The van der Waals surface area contributed by atoms with Crippen LogP contribution in [0, 0.1) is 0 Å². The zero-order chi connectivity index (χ0) is 43.2. The molecule has 344 valence electrons. The van der Waals surface area contributed by atoms with Crippen molar-refractivity contribution in [3.63, 3.8) is 0 Å². The molecule has 0 aromatic heterocycles. The maximum atomic E-state index is 13.4. The van der Waals surface area contributed by atoms with E-state index in [1.165, 1.54) is 128 Å². The van der Waals surface area contributed by atoms with Crippen LogP contribution in [0.5, 0.6) is 0 Å². The highest BCUT2D eigenvalue weighted by Crippen LogP contribution is 2.48. The first-order valence-electron chi connectivity index (χ1n) is 24.0. The Morgan fingerprint density at radius 2 is 1.00 bits per heavy atom. The number of hydrogen-bond acceptors (Lipinski definition) is 9. The number of aliphatic hydroxyl groups excluding tert-OH is 1. The molecule has 0 saturated heterocycles. The summed E-state index contributed by atoms with van der Waals surface area (Å²) in [5.41, 5.74) is 0. The summed E-state index contributed by atoms with van der Waals surface area (Å²) in [6.45, 7) is 5.71. The second-order valence-corrected chi connectivity index (χ2v) is 19.3. The van der Waals surface area contributed by atoms with Gasteiger partial charge in [0.15, 0.2) is 25.8 Å². The lowest BCUT2D eigenvalue weighted by atomic mass is 10.0. The molecular formula is C47H92NO9P. The number of carbonyl (C=O) groups excluding carboxylic acids is 2. The molecule has 11 heteroatoms. The summed E-state index contributed by atoms with van der Waals surface area (Å²) < 4.78 is 30.0. The van der Waals surface area contributed by atoms with Gasteiger partial charge in [0.1, 0.15) is 6.61 Å². The van der Waals surface area contributed by atoms with E-state index in [9.17, 15) is 29.3 Å². The van der Waals surface area contributed by atoms with Gasteiger partial charge in [0.05, 0.1) is 27.2 Å². The molecule has 10 nitrogen and oxygen atoms in total. The Balaban J connectivity index is 4.69. The predicted molar refractivity (Wildman–Crippen MR) is 237 cm³/mol. The minimum absolute atomic E-state index is 0.00962. The maximum Gasteiger partial charge on any atom is 0.306 e. The molecule has 3 atom stereocenters. The normalized spacial score (nSPS) is 14.2. The molecule has 0 aromatic carbocycles. The molecule has 0 heterocycles. The molecule has 58 heavy (non-hydrogen) atoms. The number of hydrogen-bond donors (Lipinski definition) is 2. The SMILES string of the molecule is CCCCCCC/C=C\CCCCCCCCC(=O)O[C@H](COC(=O)CCCCCCCCCCCCCCCCC)COP(=O)([O-])C(CC)[N+](C)(C)CCC(O)O.